The number of rotatable bonds is 6. The molecule has 0 saturated carbocycles. The van der Waals surface area contributed by atoms with Crippen molar-refractivity contribution in [2.45, 2.75) is 12.0 Å². The quantitative estimate of drug-likeness (QED) is 0.462. The third kappa shape index (κ3) is 4.16. The van der Waals surface area contributed by atoms with E-state index in [-0.39, 0.29) is 0 Å². The fourth-order valence-electron chi connectivity index (χ4n) is 3.99. The molecule has 1 atom stereocenters. The Labute approximate surface area is 190 Å². The Bertz CT molecular complexity index is 1380. The first-order valence-corrected chi connectivity index (χ1v) is 10.5. The minimum absolute atomic E-state index is 0.377. The number of hydrogen-bond acceptors (Lipinski definition) is 6. The molecule has 3 heterocycles. The van der Waals surface area contributed by atoms with E-state index >= 15 is 0 Å². The first kappa shape index (κ1) is 20.4. The van der Waals surface area contributed by atoms with E-state index in [1.54, 1.807) is 49.2 Å². The molecule has 5 rings (SSSR count). The van der Waals surface area contributed by atoms with Crippen LogP contribution in [0, 0.1) is 0 Å². The molecule has 3 aromatic heterocycles. The molecule has 0 bridgehead atoms. The van der Waals surface area contributed by atoms with Gasteiger partial charge in [0.15, 0.2) is 0 Å². The van der Waals surface area contributed by atoms with Crippen molar-refractivity contribution in [1.82, 2.24) is 15.0 Å². The average molecular weight is 435 g/mol. The minimum atomic E-state index is -0.735. The lowest BCUT2D eigenvalue weighted by Crippen LogP contribution is -2.37. The number of primary amides is 1. The number of carbonyl (C=O) groups is 1. The maximum Gasteiger partial charge on any atom is 0.244 e. The minimum Gasteiger partial charge on any atom is -0.457 e. The summed E-state index contributed by atoms with van der Waals surface area (Å²) < 4.78 is 6.03. The molecule has 1 aromatic carbocycles. The van der Waals surface area contributed by atoms with Crippen LogP contribution in [0.1, 0.15) is 12.0 Å². The van der Waals surface area contributed by atoms with Gasteiger partial charge in [-0.05, 0) is 42.0 Å². The van der Waals surface area contributed by atoms with Crippen molar-refractivity contribution in [3.8, 4) is 11.5 Å². The zero-order chi connectivity index (χ0) is 22.7. The molecule has 1 unspecified atom stereocenters. The third-order valence-corrected chi connectivity index (χ3v) is 5.60. The van der Waals surface area contributed by atoms with Crippen molar-refractivity contribution >= 4 is 22.5 Å². The van der Waals surface area contributed by atoms with Gasteiger partial charge < -0.3 is 15.8 Å². The van der Waals surface area contributed by atoms with Gasteiger partial charge in [0.1, 0.15) is 11.5 Å². The topological polar surface area (TPSA) is 103 Å². The monoisotopic (exact) mass is 435 g/mol. The number of amides is 1. The average Bonchev–Trinajstić information content (AvgIpc) is 2.85. The van der Waals surface area contributed by atoms with Gasteiger partial charge in [0.2, 0.25) is 5.91 Å². The Balaban J connectivity index is 1.58. The number of hydrogen-bond donors (Lipinski definition) is 2. The SMILES string of the molecule is NC(=O)C1=CC=CC(Nc2ccnc3ccncc23)(c2cccc(Oc3ccncc3)c2)C1. The van der Waals surface area contributed by atoms with Gasteiger partial charge in [-0.1, -0.05) is 30.4 Å². The summed E-state index contributed by atoms with van der Waals surface area (Å²) in [6, 6.07) is 15.1. The maximum atomic E-state index is 12.1. The summed E-state index contributed by atoms with van der Waals surface area (Å²) in [5.74, 6) is 0.910. The van der Waals surface area contributed by atoms with Crippen molar-refractivity contribution < 1.29 is 9.53 Å². The van der Waals surface area contributed by atoms with E-state index in [9.17, 15) is 4.79 Å². The van der Waals surface area contributed by atoms with E-state index in [2.05, 4.69) is 20.3 Å². The van der Waals surface area contributed by atoms with E-state index in [0.717, 1.165) is 22.2 Å². The molecule has 1 aliphatic rings. The van der Waals surface area contributed by atoms with Crippen LogP contribution in [-0.4, -0.2) is 20.9 Å². The second kappa shape index (κ2) is 8.55. The molecule has 162 valence electrons. The number of aromatic nitrogens is 3. The highest BCUT2D eigenvalue weighted by Crippen LogP contribution is 2.39. The molecule has 0 spiro atoms. The number of anilines is 1. The first-order chi connectivity index (χ1) is 16.1. The Hall–Kier alpha value is -4.52. The van der Waals surface area contributed by atoms with Crippen molar-refractivity contribution in [2.24, 2.45) is 5.73 Å². The van der Waals surface area contributed by atoms with E-state index in [1.807, 2.05) is 48.6 Å². The highest BCUT2D eigenvalue weighted by Gasteiger charge is 2.34. The van der Waals surface area contributed by atoms with E-state index in [4.69, 9.17) is 10.5 Å². The molecule has 7 nitrogen and oxygen atoms in total. The second-order valence-electron chi connectivity index (χ2n) is 7.75. The van der Waals surface area contributed by atoms with Gasteiger partial charge in [0.25, 0.3) is 0 Å². The predicted octanol–water partition coefficient (Wildman–Crippen LogP) is 4.50. The number of nitrogens with two attached hydrogens (primary N) is 1. The highest BCUT2D eigenvalue weighted by molar-refractivity contribution is 5.94. The van der Waals surface area contributed by atoms with E-state index in [1.165, 1.54) is 0 Å². The molecule has 1 amide bonds. The van der Waals surface area contributed by atoms with Crippen LogP contribution >= 0.6 is 0 Å². The fraction of sp³-hybridized carbons (Fsp3) is 0.0769. The number of benzene rings is 1. The van der Waals surface area contributed by atoms with Crippen LogP contribution in [0.5, 0.6) is 11.5 Å². The molecule has 1 aliphatic carbocycles. The summed E-state index contributed by atoms with van der Waals surface area (Å²) in [6.45, 7) is 0. The summed E-state index contributed by atoms with van der Waals surface area (Å²) in [7, 11) is 0. The van der Waals surface area contributed by atoms with Gasteiger partial charge in [-0.3, -0.25) is 19.7 Å². The number of nitrogens with one attached hydrogen (secondary N) is 1. The lowest BCUT2D eigenvalue weighted by molar-refractivity contribution is -0.114. The third-order valence-electron chi connectivity index (χ3n) is 5.60. The first-order valence-electron chi connectivity index (χ1n) is 10.5. The summed E-state index contributed by atoms with van der Waals surface area (Å²) in [4.78, 5) is 24.8. The largest absolute Gasteiger partial charge is 0.457 e. The summed E-state index contributed by atoms with van der Waals surface area (Å²) >= 11 is 0. The summed E-state index contributed by atoms with van der Waals surface area (Å²) in [5, 5.41) is 4.53. The van der Waals surface area contributed by atoms with Crippen LogP contribution in [0.15, 0.2) is 103 Å². The van der Waals surface area contributed by atoms with Crippen LogP contribution in [0.3, 0.4) is 0 Å². The highest BCUT2D eigenvalue weighted by atomic mass is 16.5. The summed E-state index contributed by atoms with van der Waals surface area (Å²) in [5.41, 5.74) is 8.05. The van der Waals surface area contributed by atoms with Gasteiger partial charge in [0, 0.05) is 54.1 Å². The van der Waals surface area contributed by atoms with Gasteiger partial charge in [-0.25, -0.2) is 0 Å². The molecule has 0 saturated heterocycles. The molecule has 0 fully saturated rings. The van der Waals surface area contributed by atoms with Crippen LogP contribution in [-0.2, 0) is 10.3 Å². The molecular formula is C26H21N5O2. The van der Waals surface area contributed by atoms with Gasteiger partial charge >= 0.3 is 0 Å². The van der Waals surface area contributed by atoms with Crippen LogP contribution < -0.4 is 15.8 Å². The maximum absolute atomic E-state index is 12.1. The van der Waals surface area contributed by atoms with Crippen molar-refractivity contribution in [3.05, 3.63) is 109 Å². The number of fused-ring (bicyclic) bond motifs is 1. The van der Waals surface area contributed by atoms with Gasteiger partial charge in [0.05, 0.1) is 11.1 Å². The number of allylic oxidation sites excluding steroid dienone is 2. The molecule has 0 radical (unpaired) electrons. The number of nitrogens with zero attached hydrogens (tertiary/aromatic N) is 3. The number of carbonyl (C=O) groups excluding carboxylic acids is 1. The molecular weight excluding hydrogens is 414 g/mol. The Kier molecular flexibility index (Phi) is 5.28. The standard InChI is InChI=1S/C26H21N5O2/c27-25(32)18-3-2-10-26(16-18,31-24-9-14-30-23-8-13-29-17-22(23)24)19-4-1-5-21(15-19)33-20-6-11-28-12-7-20/h1-15,17H,16H2,(H2,27,32)(H,30,31). The second-order valence-corrected chi connectivity index (χ2v) is 7.75. The molecule has 3 N–H and O–H groups in total. The fourth-order valence-corrected chi connectivity index (χ4v) is 3.99. The predicted molar refractivity (Wildman–Crippen MR) is 127 cm³/mol. The molecule has 7 heteroatoms. The van der Waals surface area contributed by atoms with Crippen LogP contribution in [0.2, 0.25) is 0 Å². The normalized spacial score (nSPS) is 17.4. The van der Waals surface area contributed by atoms with Gasteiger partial charge in [-0.2, -0.15) is 0 Å². The lowest BCUT2D eigenvalue weighted by atomic mass is 9.80. The number of ether oxygens (including phenoxy) is 1. The molecule has 0 aliphatic heterocycles. The van der Waals surface area contributed by atoms with Crippen molar-refractivity contribution in [1.29, 1.82) is 0 Å². The zero-order valence-electron chi connectivity index (χ0n) is 17.7. The number of pyridine rings is 3. The summed E-state index contributed by atoms with van der Waals surface area (Å²) in [6.07, 6.45) is 14.6. The van der Waals surface area contributed by atoms with E-state index in [0.29, 0.717) is 23.5 Å². The Morgan fingerprint density at radius 3 is 2.70 bits per heavy atom. The Morgan fingerprint density at radius 1 is 1.00 bits per heavy atom. The molecule has 33 heavy (non-hydrogen) atoms. The molecule has 4 aromatic rings. The van der Waals surface area contributed by atoms with Crippen molar-refractivity contribution in [2.75, 3.05) is 5.32 Å². The lowest BCUT2D eigenvalue weighted by Gasteiger charge is -2.36. The van der Waals surface area contributed by atoms with Crippen LogP contribution in [0.4, 0.5) is 5.69 Å². The van der Waals surface area contributed by atoms with Gasteiger partial charge in [-0.15, -0.1) is 0 Å². The van der Waals surface area contributed by atoms with Crippen LogP contribution in [0.25, 0.3) is 10.9 Å². The van der Waals surface area contributed by atoms with Crippen molar-refractivity contribution in [3.63, 3.8) is 0 Å². The van der Waals surface area contributed by atoms with E-state index < -0.39 is 11.4 Å². The Morgan fingerprint density at radius 2 is 1.85 bits per heavy atom. The zero-order valence-corrected chi connectivity index (χ0v) is 17.7. The smallest absolute Gasteiger partial charge is 0.244 e.